The lowest BCUT2D eigenvalue weighted by molar-refractivity contribution is -0.133. The van der Waals surface area contributed by atoms with Crippen LogP contribution in [0.3, 0.4) is 0 Å². The van der Waals surface area contributed by atoms with Gasteiger partial charge >= 0.3 is 6.61 Å². The summed E-state index contributed by atoms with van der Waals surface area (Å²) in [5, 5.41) is 11.7. The molecule has 0 atom stereocenters. The first-order chi connectivity index (χ1) is 20.2. The third kappa shape index (κ3) is 6.52. The Morgan fingerprint density at radius 3 is 2.79 bits per heavy atom. The van der Waals surface area contributed by atoms with E-state index in [0.717, 1.165) is 25.8 Å². The van der Waals surface area contributed by atoms with Gasteiger partial charge in [-0.05, 0) is 57.1 Å². The van der Waals surface area contributed by atoms with Crippen LogP contribution in [0.15, 0.2) is 49.1 Å². The molecule has 1 aromatic carbocycles. The third-order valence-electron chi connectivity index (χ3n) is 7.26. The molecule has 2 amide bonds. The Balaban J connectivity index is 1.42. The zero-order valence-electron chi connectivity index (χ0n) is 23.2. The number of fused-ring (bicyclic) bond motifs is 1. The quantitative estimate of drug-likeness (QED) is 0.287. The average Bonchev–Trinajstić information content (AvgIpc) is 3.58. The number of nitrogens with one attached hydrogen (secondary N) is 1. The summed E-state index contributed by atoms with van der Waals surface area (Å²) in [4.78, 5) is 34.9. The number of hydrogen-bond acceptors (Lipinski definition) is 7. The van der Waals surface area contributed by atoms with Crippen molar-refractivity contribution in [2.75, 3.05) is 32.0 Å². The number of benzene rings is 1. The largest absolute Gasteiger partial charge is 0.434 e. The Morgan fingerprint density at radius 2 is 2.05 bits per heavy atom. The van der Waals surface area contributed by atoms with Gasteiger partial charge in [0, 0.05) is 48.3 Å². The van der Waals surface area contributed by atoms with Crippen molar-refractivity contribution in [1.29, 1.82) is 0 Å². The Morgan fingerprint density at radius 1 is 1.26 bits per heavy atom. The van der Waals surface area contributed by atoms with Crippen molar-refractivity contribution in [3.8, 4) is 17.0 Å². The van der Waals surface area contributed by atoms with E-state index in [1.54, 1.807) is 17.2 Å². The summed E-state index contributed by atoms with van der Waals surface area (Å²) in [6.07, 6.45) is 8.86. The van der Waals surface area contributed by atoms with Crippen LogP contribution in [0.25, 0.3) is 16.9 Å². The van der Waals surface area contributed by atoms with E-state index in [1.807, 2.05) is 0 Å². The van der Waals surface area contributed by atoms with Gasteiger partial charge < -0.3 is 19.9 Å². The van der Waals surface area contributed by atoms with E-state index in [2.05, 4.69) is 39.4 Å². The molecule has 1 fully saturated rings. The van der Waals surface area contributed by atoms with Gasteiger partial charge in [-0.1, -0.05) is 18.5 Å². The zero-order valence-corrected chi connectivity index (χ0v) is 24.0. The van der Waals surface area contributed by atoms with E-state index in [9.17, 15) is 18.4 Å². The fourth-order valence-corrected chi connectivity index (χ4v) is 5.36. The lowest BCUT2D eigenvalue weighted by atomic mass is 10.0. The molecule has 14 heteroatoms. The first kappa shape index (κ1) is 29.4. The second kappa shape index (κ2) is 12.8. The minimum atomic E-state index is -3.10. The Bertz CT molecular complexity index is 1570. The number of ether oxygens (including phenoxy) is 1. The van der Waals surface area contributed by atoms with Gasteiger partial charge in [0.05, 0.1) is 11.9 Å². The fraction of sp³-hybridized carbons (Fsp3) is 0.393. The number of likely N-dealkylation sites (tertiary alicyclic amines) is 1. The van der Waals surface area contributed by atoms with Crippen molar-refractivity contribution in [2.24, 2.45) is 0 Å². The van der Waals surface area contributed by atoms with E-state index in [1.165, 1.54) is 46.0 Å². The summed E-state index contributed by atoms with van der Waals surface area (Å²) in [5.41, 5.74) is 0.929. The molecule has 0 aliphatic carbocycles. The number of hydrogen-bond donors (Lipinski definition) is 1. The molecule has 222 valence electrons. The second-order valence-electron chi connectivity index (χ2n) is 10.1. The summed E-state index contributed by atoms with van der Waals surface area (Å²) in [6, 6.07) is 6.23. The van der Waals surface area contributed by atoms with Crippen LogP contribution in [-0.2, 0) is 11.3 Å². The highest BCUT2D eigenvalue weighted by Gasteiger charge is 2.27. The summed E-state index contributed by atoms with van der Waals surface area (Å²) < 4.78 is 34.0. The summed E-state index contributed by atoms with van der Waals surface area (Å²) in [5.74, 6) is -0.870. The number of aromatic nitrogens is 5. The van der Waals surface area contributed by atoms with Crippen molar-refractivity contribution in [1.82, 2.24) is 34.2 Å². The van der Waals surface area contributed by atoms with E-state index in [0.29, 0.717) is 24.8 Å². The number of alkyl halides is 2. The molecule has 0 spiro atoms. The molecule has 1 saturated heterocycles. The Kier molecular flexibility index (Phi) is 8.97. The molecule has 5 rings (SSSR count). The van der Waals surface area contributed by atoms with E-state index in [4.69, 9.17) is 16.3 Å². The van der Waals surface area contributed by atoms with E-state index < -0.39 is 12.5 Å². The van der Waals surface area contributed by atoms with Crippen molar-refractivity contribution >= 4 is 34.7 Å². The molecule has 4 heterocycles. The number of carbonyl (C=O) groups is 2. The number of nitrogens with zero attached hydrogens (tertiary/aromatic N) is 7. The molecule has 0 bridgehead atoms. The maximum atomic E-state index is 13.3. The van der Waals surface area contributed by atoms with Crippen molar-refractivity contribution in [2.45, 2.75) is 45.4 Å². The molecule has 1 aliphatic heterocycles. The number of carbonyl (C=O) groups excluding carboxylic acids is 2. The van der Waals surface area contributed by atoms with Crippen molar-refractivity contribution in [3.63, 3.8) is 0 Å². The number of piperidine rings is 1. The van der Waals surface area contributed by atoms with Gasteiger partial charge in [-0.2, -0.15) is 19.0 Å². The summed E-state index contributed by atoms with van der Waals surface area (Å²) in [7, 11) is 2.11. The monoisotopic (exact) mass is 600 g/mol. The van der Waals surface area contributed by atoms with Gasteiger partial charge in [-0.3, -0.25) is 14.3 Å². The lowest BCUT2D eigenvalue weighted by Crippen LogP contribution is -2.46. The van der Waals surface area contributed by atoms with Crippen LogP contribution in [0, 0.1) is 0 Å². The van der Waals surface area contributed by atoms with Gasteiger partial charge in [-0.25, -0.2) is 9.50 Å². The molecular formula is C28H31ClF2N8O3. The Labute approximate surface area is 246 Å². The number of halogens is 3. The first-order valence-corrected chi connectivity index (χ1v) is 14.0. The Hall–Kier alpha value is -4.10. The number of anilines is 1. The summed E-state index contributed by atoms with van der Waals surface area (Å²) in [6.45, 7) is 1.19. The summed E-state index contributed by atoms with van der Waals surface area (Å²) >= 11 is 6.21. The van der Waals surface area contributed by atoms with Crippen LogP contribution in [0.1, 0.15) is 36.5 Å². The van der Waals surface area contributed by atoms with E-state index >= 15 is 0 Å². The first-order valence-electron chi connectivity index (χ1n) is 13.6. The highest BCUT2D eigenvalue weighted by molar-refractivity contribution is 6.31. The SMILES string of the molecule is CCCN(C)C1CCN(C(=O)Cn2cc(NC(=O)c3cnn4cccnc34)c(-c3cc(Cl)ccc3OC(F)F)n2)CC1. The topological polar surface area (TPSA) is 110 Å². The normalized spacial score (nSPS) is 14.2. The molecule has 11 nitrogen and oxygen atoms in total. The molecule has 4 aromatic rings. The van der Waals surface area contributed by atoms with Crippen LogP contribution in [-0.4, -0.2) is 85.3 Å². The van der Waals surface area contributed by atoms with Gasteiger partial charge in [0.1, 0.15) is 23.6 Å². The molecule has 3 aromatic heterocycles. The lowest BCUT2D eigenvalue weighted by Gasteiger charge is -2.36. The van der Waals surface area contributed by atoms with Crippen LogP contribution in [0.4, 0.5) is 14.5 Å². The smallest absolute Gasteiger partial charge is 0.387 e. The van der Waals surface area contributed by atoms with Gasteiger partial charge in [0.15, 0.2) is 5.65 Å². The standard InChI is InChI=1S/C28H31ClF2N8O3/c1-3-10-36(2)19-7-12-37(13-8-19)24(40)17-38-16-22(34-27(41)21-15-33-39-11-4-9-32-26(21)39)25(35-38)20-14-18(29)5-6-23(20)42-28(30)31/h4-6,9,11,14-16,19,28H,3,7-8,10,12-13,17H2,1-2H3,(H,34,41). The molecule has 0 saturated carbocycles. The van der Waals surface area contributed by atoms with Gasteiger partial charge in [-0.15, -0.1) is 0 Å². The number of rotatable bonds is 10. The third-order valence-corrected chi connectivity index (χ3v) is 7.50. The molecule has 0 unspecified atom stereocenters. The maximum absolute atomic E-state index is 13.3. The van der Waals surface area contributed by atoms with Crippen LogP contribution in [0.2, 0.25) is 5.02 Å². The highest BCUT2D eigenvalue weighted by Crippen LogP contribution is 2.37. The molecule has 0 radical (unpaired) electrons. The fourth-order valence-electron chi connectivity index (χ4n) is 5.19. The van der Waals surface area contributed by atoms with Gasteiger partial charge in [0.2, 0.25) is 5.91 Å². The zero-order chi connectivity index (χ0) is 29.8. The predicted octanol–water partition coefficient (Wildman–Crippen LogP) is 4.43. The minimum Gasteiger partial charge on any atom is -0.434 e. The predicted molar refractivity (Wildman–Crippen MR) is 153 cm³/mol. The molecular weight excluding hydrogens is 570 g/mol. The van der Waals surface area contributed by atoms with Crippen LogP contribution in [0.5, 0.6) is 5.75 Å². The van der Waals surface area contributed by atoms with Crippen LogP contribution >= 0.6 is 11.6 Å². The van der Waals surface area contributed by atoms with E-state index in [-0.39, 0.29) is 45.7 Å². The maximum Gasteiger partial charge on any atom is 0.387 e. The molecule has 42 heavy (non-hydrogen) atoms. The minimum absolute atomic E-state index is 0.109. The second-order valence-corrected chi connectivity index (χ2v) is 10.5. The number of amides is 2. The highest BCUT2D eigenvalue weighted by atomic mass is 35.5. The average molecular weight is 601 g/mol. The van der Waals surface area contributed by atoms with Crippen molar-refractivity contribution < 1.29 is 23.1 Å². The molecule has 1 aliphatic rings. The van der Waals surface area contributed by atoms with Crippen LogP contribution < -0.4 is 10.1 Å². The molecule has 1 N–H and O–H groups in total. The van der Waals surface area contributed by atoms with Crippen molar-refractivity contribution in [3.05, 3.63) is 59.6 Å². The van der Waals surface area contributed by atoms with Gasteiger partial charge in [0.25, 0.3) is 5.91 Å².